The summed E-state index contributed by atoms with van der Waals surface area (Å²) in [6.45, 7) is 0. The SMILES string of the molecule is CN1C(=O)O[C@H](CC(=O)C(N)CC(=O)O)C[C@H]1c1ccc(C(=N)N)cc1. The van der Waals surface area contributed by atoms with Gasteiger partial charge in [-0.05, 0) is 5.56 Å². The number of carboxylic acids is 1. The van der Waals surface area contributed by atoms with E-state index in [0.717, 1.165) is 5.56 Å². The van der Waals surface area contributed by atoms with Gasteiger partial charge in [0.2, 0.25) is 0 Å². The maximum absolute atomic E-state index is 12.1. The van der Waals surface area contributed by atoms with Crippen LogP contribution in [0.15, 0.2) is 24.3 Å². The van der Waals surface area contributed by atoms with E-state index in [9.17, 15) is 14.4 Å². The molecule has 26 heavy (non-hydrogen) atoms. The molecule has 1 unspecified atom stereocenters. The third-order valence-electron chi connectivity index (χ3n) is 4.35. The van der Waals surface area contributed by atoms with Crippen LogP contribution in [0.25, 0.3) is 0 Å². The lowest BCUT2D eigenvalue weighted by molar-refractivity contribution is -0.139. The van der Waals surface area contributed by atoms with Gasteiger partial charge in [0.25, 0.3) is 0 Å². The molecule has 3 atom stereocenters. The zero-order chi connectivity index (χ0) is 19.4. The smallest absolute Gasteiger partial charge is 0.410 e. The number of carboxylic acid groups (broad SMARTS) is 1. The number of Topliss-reactive ketones (excluding diaryl/α,β-unsaturated/α-hetero) is 1. The largest absolute Gasteiger partial charge is 0.481 e. The van der Waals surface area contributed by atoms with Crippen molar-refractivity contribution in [1.82, 2.24) is 4.90 Å². The minimum Gasteiger partial charge on any atom is -0.481 e. The number of hydrogen-bond donors (Lipinski definition) is 4. The van der Waals surface area contributed by atoms with Gasteiger partial charge in [0.1, 0.15) is 11.9 Å². The highest BCUT2D eigenvalue weighted by molar-refractivity contribution is 5.94. The van der Waals surface area contributed by atoms with Crippen molar-refractivity contribution in [3.8, 4) is 0 Å². The Morgan fingerprint density at radius 3 is 2.54 bits per heavy atom. The van der Waals surface area contributed by atoms with Crippen LogP contribution >= 0.6 is 0 Å². The number of nitrogen functional groups attached to an aromatic ring is 1. The van der Waals surface area contributed by atoms with Crippen LogP contribution in [0.4, 0.5) is 4.79 Å². The van der Waals surface area contributed by atoms with Crippen molar-refractivity contribution in [2.75, 3.05) is 7.05 Å². The Labute approximate surface area is 150 Å². The third-order valence-corrected chi connectivity index (χ3v) is 4.35. The van der Waals surface area contributed by atoms with E-state index < -0.39 is 36.4 Å². The van der Waals surface area contributed by atoms with Gasteiger partial charge in [-0.25, -0.2) is 4.79 Å². The van der Waals surface area contributed by atoms with Crippen molar-refractivity contribution < 1.29 is 24.2 Å². The second kappa shape index (κ2) is 7.96. The first-order chi connectivity index (χ1) is 12.2. The number of carbonyl (C=O) groups excluding carboxylic acids is 2. The fourth-order valence-electron chi connectivity index (χ4n) is 2.86. The van der Waals surface area contributed by atoms with Crippen molar-refractivity contribution in [1.29, 1.82) is 5.41 Å². The van der Waals surface area contributed by atoms with Crippen LogP contribution < -0.4 is 11.5 Å². The molecule has 0 spiro atoms. The van der Waals surface area contributed by atoms with E-state index in [1.807, 2.05) is 0 Å². The Morgan fingerprint density at radius 2 is 2.00 bits per heavy atom. The maximum atomic E-state index is 12.1. The van der Waals surface area contributed by atoms with Gasteiger partial charge in [-0.1, -0.05) is 24.3 Å². The molecule has 0 bridgehead atoms. The molecular formula is C17H22N4O5. The summed E-state index contributed by atoms with van der Waals surface area (Å²) in [6, 6.07) is 5.48. The van der Waals surface area contributed by atoms with Gasteiger partial charge in [-0.15, -0.1) is 0 Å². The van der Waals surface area contributed by atoms with Crippen LogP contribution in [0.5, 0.6) is 0 Å². The van der Waals surface area contributed by atoms with Gasteiger partial charge in [0, 0.05) is 25.5 Å². The highest BCUT2D eigenvalue weighted by Gasteiger charge is 2.35. The lowest BCUT2D eigenvalue weighted by Crippen LogP contribution is -2.44. The van der Waals surface area contributed by atoms with Crippen molar-refractivity contribution in [2.45, 2.75) is 37.5 Å². The minimum atomic E-state index is -1.16. The summed E-state index contributed by atoms with van der Waals surface area (Å²) < 4.78 is 5.25. The fourth-order valence-corrected chi connectivity index (χ4v) is 2.86. The molecule has 9 nitrogen and oxygen atoms in total. The highest BCUT2D eigenvalue weighted by atomic mass is 16.6. The topological polar surface area (TPSA) is 160 Å². The number of ether oxygens (including phenoxy) is 1. The average molecular weight is 362 g/mol. The molecule has 2 rings (SSSR count). The van der Waals surface area contributed by atoms with Crippen LogP contribution in [0.3, 0.4) is 0 Å². The van der Waals surface area contributed by atoms with Gasteiger partial charge in [0.15, 0.2) is 5.78 Å². The van der Waals surface area contributed by atoms with Gasteiger partial charge in [-0.3, -0.25) is 15.0 Å². The molecule has 1 aliphatic heterocycles. The molecule has 0 radical (unpaired) electrons. The molecule has 1 heterocycles. The second-order valence-corrected chi connectivity index (χ2v) is 6.28. The number of benzene rings is 1. The van der Waals surface area contributed by atoms with Gasteiger partial charge < -0.3 is 26.2 Å². The molecule has 1 aromatic carbocycles. The first kappa shape index (κ1) is 19.4. The number of aliphatic carboxylic acids is 1. The van der Waals surface area contributed by atoms with Gasteiger partial charge >= 0.3 is 12.1 Å². The van der Waals surface area contributed by atoms with Crippen LogP contribution in [0.2, 0.25) is 0 Å². The van der Waals surface area contributed by atoms with Gasteiger partial charge in [0.05, 0.1) is 18.5 Å². The summed E-state index contributed by atoms with van der Waals surface area (Å²) in [5, 5.41) is 16.1. The number of carbonyl (C=O) groups is 3. The first-order valence-electron chi connectivity index (χ1n) is 8.07. The molecule has 1 fully saturated rings. The molecule has 0 saturated carbocycles. The zero-order valence-electron chi connectivity index (χ0n) is 14.3. The number of nitrogens with zero attached hydrogens (tertiary/aromatic N) is 1. The van der Waals surface area contributed by atoms with Crippen molar-refractivity contribution in [2.24, 2.45) is 11.5 Å². The number of nitrogens with one attached hydrogen (secondary N) is 1. The third kappa shape index (κ3) is 4.57. The van der Waals surface area contributed by atoms with Gasteiger partial charge in [-0.2, -0.15) is 0 Å². The number of amidine groups is 1. The lowest BCUT2D eigenvalue weighted by Gasteiger charge is -2.37. The number of cyclic esters (lactones) is 1. The summed E-state index contributed by atoms with van der Waals surface area (Å²) in [5.74, 6) is -1.67. The van der Waals surface area contributed by atoms with E-state index >= 15 is 0 Å². The fraction of sp³-hybridized carbons (Fsp3) is 0.412. The Hall–Kier alpha value is -2.94. The number of amides is 1. The monoisotopic (exact) mass is 362 g/mol. The molecule has 0 aliphatic carbocycles. The molecule has 1 saturated heterocycles. The Kier molecular flexibility index (Phi) is 5.93. The molecule has 1 aliphatic rings. The van der Waals surface area contributed by atoms with E-state index in [1.54, 1.807) is 31.3 Å². The number of nitrogens with two attached hydrogens (primary N) is 2. The van der Waals surface area contributed by atoms with E-state index in [4.69, 9.17) is 26.7 Å². The Morgan fingerprint density at radius 1 is 1.38 bits per heavy atom. The van der Waals surface area contributed by atoms with Crippen molar-refractivity contribution in [3.05, 3.63) is 35.4 Å². The predicted octanol–water partition coefficient (Wildman–Crippen LogP) is 0.614. The second-order valence-electron chi connectivity index (χ2n) is 6.28. The maximum Gasteiger partial charge on any atom is 0.410 e. The summed E-state index contributed by atoms with van der Waals surface area (Å²) in [6.07, 6.45) is -1.47. The predicted molar refractivity (Wildman–Crippen MR) is 92.7 cm³/mol. The van der Waals surface area contributed by atoms with Crippen LogP contribution in [0, 0.1) is 5.41 Å². The van der Waals surface area contributed by atoms with E-state index in [2.05, 4.69) is 0 Å². The first-order valence-corrected chi connectivity index (χ1v) is 8.07. The normalized spacial score (nSPS) is 21.0. The Bertz CT molecular complexity index is 718. The quantitative estimate of drug-likeness (QED) is 0.408. The standard InChI is InChI=1S/C17H22N4O5/c1-21-13(9-2-4-10(5-3-9)16(19)20)6-11(26-17(21)25)7-14(22)12(18)8-15(23)24/h2-5,11-13H,6-8,18H2,1H3,(H3,19,20)(H,23,24)/t11-,12?,13-/m0/s1. The molecular weight excluding hydrogens is 340 g/mol. The summed E-state index contributed by atoms with van der Waals surface area (Å²) in [4.78, 5) is 36.3. The molecule has 1 amide bonds. The number of hydrogen-bond acceptors (Lipinski definition) is 6. The molecule has 0 aromatic heterocycles. The van der Waals surface area contributed by atoms with Crippen LogP contribution in [-0.4, -0.2) is 52.9 Å². The number of rotatable bonds is 7. The molecule has 9 heteroatoms. The van der Waals surface area contributed by atoms with Crippen molar-refractivity contribution >= 4 is 23.7 Å². The highest BCUT2D eigenvalue weighted by Crippen LogP contribution is 2.32. The molecule has 1 aromatic rings. The summed E-state index contributed by atoms with van der Waals surface area (Å²) >= 11 is 0. The molecule has 6 N–H and O–H groups in total. The minimum absolute atomic E-state index is 0.0520. The molecule has 140 valence electrons. The lowest BCUT2D eigenvalue weighted by atomic mass is 9.93. The van der Waals surface area contributed by atoms with Crippen LogP contribution in [0.1, 0.15) is 36.4 Å². The van der Waals surface area contributed by atoms with Crippen LogP contribution in [-0.2, 0) is 14.3 Å². The van der Waals surface area contributed by atoms with E-state index in [-0.39, 0.29) is 18.3 Å². The Balaban J connectivity index is 2.10. The zero-order valence-corrected chi connectivity index (χ0v) is 14.3. The number of ketones is 1. The summed E-state index contributed by atoms with van der Waals surface area (Å²) in [7, 11) is 1.60. The van der Waals surface area contributed by atoms with Crippen molar-refractivity contribution in [3.63, 3.8) is 0 Å². The summed E-state index contributed by atoms with van der Waals surface area (Å²) in [5.41, 5.74) is 12.4. The average Bonchev–Trinajstić information content (AvgIpc) is 2.57. The van der Waals surface area contributed by atoms with E-state index in [0.29, 0.717) is 12.0 Å². The van der Waals surface area contributed by atoms with E-state index in [1.165, 1.54) is 4.90 Å².